The number of likely N-dealkylation sites (N-methyl/N-ethyl adjacent to an activating group) is 1. The van der Waals surface area contributed by atoms with Crippen molar-refractivity contribution in [3.05, 3.63) is 0 Å². The highest BCUT2D eigenvalue weighted by molar-refractivity contribution is 5.78. The van der Waals surface area contributed by atoms with E-state index in [0.29, 0.717) is 24.5 Å². The summed E-state index contributed by atoms with van der Waals surface area (Å²) in [5.41, 5.74) is 0. The van der Waals surface area contributed by atoms with Crippen LogP contribution in [0.1, 0.15) is 25.7 Å². The molecule has 1 amide bonds. The Morgan fingerprint density at radius 1 is 1.35 bits per heavy atom. The van der Waals surface area contributed by atoms with Crippen molar-refractivity contribution in [1.29, 1.82) is 0 Å². The lowest BCUT2D eigenvalue weighted by atomic mass is 9.94. The van der Waals surface area contributed by atoms with Crippen LogP contribution in [0.3, 0.4) is 0 Å². The molecule has 0 aromatic heterocycles. The van der Waals surface area contributed by atoms with Gasteiger partial charge in [-0.2, -0.15) is 0 Å². The van der Waals surface area contributed by atoms with Crippen molar-refractivity contribution >= 4 is 5.91 Å². The molecular formula is C13H23N3O. The zero-order chi connectivity index (χ0) is 11.8. The quantitative estimate of drug-likeness (QED) is 0.766. The molecule has 2 atom stereocenters. The fraction of sp³-hybridized carbons (Fsp3) is 0.923. The zero-order valence-electron chi connectivity index (χ0n) is 10.7. The number of carbonyl (C=O) groups is 1. The molecule has 0 radical (unpaired) electrons. The highest BCUT2D eigenvalue weighted by atomic mass is 16.2. The molecule has 4 heteroatoms. The first kappa shape index (κ1) is 11.5. The summed E-state index contributed by atoms with van der Waals surface area (Å²) in [6.45, 7) is 3.96. The fourth-order valence-corrected chi connectivity index (χ4v) is 3.23. The highest BCUT2D eigenvalue weighted by Gasteiger charge is 2.36. The average molecular weight is 237 g/mol. The standard InChI is InChI=1S/C13H23N3O/c1-15(11-4-5-11)13(17)9-16-7-10-3-2-6-14-12(10)8-16/h10-12,14H,2-9H2,1H3/t10-,12+/m0/s1. The maximum Gasteiger partial charge on any atom is 0.236 e. The lowest BCUT2D eigenvalue weighted by Gasteiger charge is -2.24. The third kappa shape index (κ3) is 2.47. The average Bonchev–Trinajstić information content (AvgIpc) is 3.08. The van der Waals surface area contributed by atoms with Gasteiger partial charge in [0.2, 0.25) is 5.91 Å². The molecule has 3 fully saturated rings. The molecule has 17 heavy (non-hydrogen) atoms. The SMILES string of the molecule is CN(C(=O)CN1C[C@@H]2CCCN[C@@H]2C1)C1CC1. The monoisotopic (exact) mass is 237 g/mol. The van der Waals surface area contributed by atoms with Gasteiger partial charge in [0.15, 0.2) is 0 Å². The minimum absolute atomic E-state index is 0.311. The minimum atomic E-state index is 0.311. The molecule has 2 aliphatic heterocycles. The Kier molecular flexibility index (Phi) is 3.09. The molecule has 0 aromatic rings. The van der Waals surface area contributed by atoms with Crippen molar-refractivity contribution in [3.8, 4) is 0 Å². The van der Waals surface area contributed by atoms with Gasteiger partial charge in [0.25, 0.3) is 0 Å². The van der Waals surface area contributed by atoms with Crippen LogP contribution in [0.2, 0.25) is 0 Å². The van der Waals surface area contributed by atoms with E-state index in [9.17, 15) is 4.79 Å². The van der Waals surface area contributed by atoms with E-state index in [4.69, 9.17) is 0 Å². The van der Waals surface area contributed by atoms with Crippen molar-refractivity contribution in [1.82, 2.24) is 15.1 Å². The number of amides is 1. The number of rotatable bonds is 3. The highest BCUT2D eigenvalue weighted by Crippen LogP contribution is 2.27. The molecule has 96 valence electrons. The summed E-state index contributed by atoms with van der Waals surface area (Å²) < 4.78 is 0. The third-order valence-electron chi connectivity index (χ3n) is 4.52. The normalized spacial score (nSPS) is 33.5. The zero-order valence-corrected chi connectivity index (χ0v) is 10.7. The van der Waals surface area contributed by atoms with Crippen LogP contribution < -0.4 is 5.32 Å². The Morgan fingerprint density at radius 3 is 2.88 bits per heavy atom. The molecule has 4 nitrogen and oxygen atoms in total. The van der Waals surface area contributed by atoms with E-state index in [1.54, 1.807) is 0 Å². The predicted molar refractivity (Wildman–Crippen MR) is 66.7 cm³/mol. The van der Waals surface area contributed by atoms with Crippen molar-refractivity contribution in [2.75, 3.05) is 33.2 Å². The number of likely N-dealkylation sites (tertiary alicyclic amines) is 1. The van der Waals surface area contributed by atoms with Crippen LogP contribution in [-0.4, -0.2) is 61.0 Å². The second kappa shape index (κ2) is 4.58. The van der Waals surface area contributed by atoms with Crippen LogP contribution in [0.15, 0.2) is 0 Å². The first-order chi connectivity index (χ1) is 8.24. The lowest BCUT2D eigenvalue weighted by Crippen LogP contribution is -2.41. The molecule has 1 aliphatic carbocycles. The number of piperidine rings is 1. The molecule has 2 saturated heterocycles. The van der Waals surface area contributed by atoms with E-state index in [2.05, 4.69) is 10.2 Å². The number of hydrogen-bond donors (Lipinski definition) is 1. The van der Waals surface area contributed by atoms with Gasteiger partial charge in [-0.15, -0.1) is 0 Å². The summed E-state index contributed by atoms with van der Waals surface area (Å²) in [6.07, 6.45) is 5.04. The molecule has 0 unspecified atom stereocenters. The number of hydrogen-bond acceptors (Lipinski definition) is 3. The van der Waals surface area contributed by atoms with E-state index >= 15 is 0 Å². The van der Waals surface area contributed by atoms with Crippen LogP contribution in [0.25, 0.3) is 0 Å². The Morgan fingerprint density at radius 2 is 2.18 bits per heavy atom. The number of nitrogens with one attached hydrogen (secondary N) is 1. The Hall–Kier alpha value is -0.610. The van der Waals surface area contributed by atoms with Crippen molar-refractivity contribution in [2.24, 2.45) is 5.92 Å². The van der Waals surface area contributed by atoms with Gasteiger partial charge in [-0.05, 0) is 38.1 Å². The summed E-state index contributed by atoms with van der Waals surface area (Å²) in [7, 11) is 1.96. The summed E-state index contributed by atoms with van der Waals surface area (Å²) in [5.74, 6) is 1.09. The molecule has 3 aliphatic rings. The summed E-state index contributed by atoms with van der Waals surface area (Å²) in [4.78, 5) is 16.3. The Bertz CT molecular complexity index is 289. The van der Waals surface area contributed by atoms with Gasteiger partial charge in [0, 0.05) is 32.2 Å². The Balaban J connectivity index is 1.50. The van der Waals surface area contributed by atoms with Crippen molar-refractivity contribution in [3.63, 3.8) is 0 Å². The second-order valence-electron chi connectivity index (χ2n) is 5.89. The first-order valence-corrected chi connectivity index (χ1v) is 6.95. The first-order valence-electron chi connectivity index (χ1n) is 6.95. The number of fused-ring (bicyclic) bond motifs is 1. The van der Waals surface area contributed by atoms with Crippen LogP contribution >= 0.6 is 0 Å². The number of nitrogens with zero attached hydrogens (tertiary/aromatic N) is 2. The minimum Gasteiger partial charge on any atom is -0.342 e. The molecule has 2 heterocycles. The third-order valence-corrected chi connectivity index (χ3v) is 4.52. The molecule has 3 rings (SSSR count). The van der Waals surface area contributed by atoms with Gasteiger partial charge in [0.05, 0.1) is 6.54 Å². The van der Waals surface area contributed by atoms with Gasteiger partial charge in [-0.1, -0.05) is 0 Å². The van der Waals surface area contributed by atoms with Crippen LogP contribution in [0, 0.1) is 5.92 Å². The summed E-state index contributed by atoms with van der Waals surface area (Å²) >= 11 is 0. The molecule has 0 aromatic carbocycles. The summed E-state index contributed by atoms with van der Waals surface area (Å²) in [6, 6.07) is 1.19. The Labute approximate surface area is 103 Å². The molecule has 1 N–H and O–H groups in total. The smallest absolute Gasteiger partial charge is 0.236 e. The van der Waals surface area contributed by atoms with Gasteiger partial charge in [0.1, 0.15) is 0 Å². The molecule has 1 saturated carbocycles. The maximum absolute atomic E-state index is 12.0. The van der Waals surface area contributed by atoms with E-state index in [1.807, 2.05) is 11.9 Å². The molecule has 0 bridgehead atoms. The van der Waals surface area contributed by atoms with Gasteiger partial charge < -0.3 is 10.2 Å². The molecule has 0 spiro atoms. The van der Waals surface area contributed by atoms with Gasteiger partial charge in [-0.25, -0.2) is 0 Å². The number of carbonyl (C=O) groups excluding carboxylic acids is 1. The second-order valence-corrected chi connectivity index (χ2v) is 5.89. The topological polar surface area (TPSA) is 35.6 Å². The predicted octanol–water partition coefficient (Wildman–Crippen LogP) is 0.291. The summed E-state index contributed by atoms with van der Waals surface area (Å²) in [5, 5.41) is 3.58. The van der Waals surface area contributed by atoms with E-state index < -0.39 is 0 Å². The van der Waals surface area contributed by atoms with Gasteiger partial charge >= 0.3 is 0 Å². The largest absolute Gasteiger partial charge is 0.342 e. The maximum atomic E-state index is 12.0. The lowest BCUT2D eigenvalue weighted by molar-refractivity contribution is -0.131. The van der Waals surface area contributed by atoms with Crippen molar-refractivity contribution < 1.29 is 4.79 Å². The van der Waals surface area contributed by atoms with Crippen LogP contribution in [0.5, 0.6) is 0 Å². The van der Waals surface area contributed by atoms with Gasteiger partial charge in [-0.3, -0.25) is 9.69 Å². The van der Waals surface area contributed by atoms with E-state index in [1.165, 1.54) is 25.7 Å². The van der Waals surface area contributed by atoms with Crippen LogP contribution in [-0.2, 0) is 4.79 Å². The molecular weight excluding hydrogens is 214 g/mol. The van der Waals surface area contributed by atoms with Crippen molar-refractivity contribution in [2.45, 2.75) is 37.8 Å². The van der Waals surface area contributed by atoms with E-state index in [0.717, 1.165) is 25.6 Å². The fourth-order valence-electron chi connectivity index (χ4n) is 3.23. The van der Waals surface area contributed by atoms with Crippen LogP contribution in [0.4, 0.5) is 0 Å². The van der Waals surface area contributed by atoms with E-state index in [-0.39, 0.29) is 0 Å².